The molecule has 2 rings (SSSR count). The first-order valence-electron chi connectivity index (χ1n) is 6.23. The molecule has 3 nitrogen and oxygen atoms in total. The van der Waals surface area contributed by atoms with E-state index < -0.39 is 10.8 Å². The molecule has 0 amide bonds. The van der Waals surface area contributed by atoms with Gasteiger partial charge in [-0.3, -0.25) is 4.21 Å². The van der Waals surface area contributed by atoms with Crippen LogP contribution in [0.4, 0.5) is 0 Å². The molecule has 18 heavy (non-hydrogen) atoms. The highest BCUT2D eigenvalue weighted by molar-refractivity contribution is 9.10. The minimum absolute atomic E-state index is 0.0786. The smallest absolute Gasteiger partial charge is 0.0363 e. The van der Waals surface area contributed by atoms with E-state index in [2.05, 4.69) is 33.0 Å². The summed E-state index contributed by atoms with van der Waals surface area (Å²) in [6.07, 6.45) is 0.948. The second kappa shape index (κ2) is 6.80. The lowest BCUT2D eigenvalue weighted by atomic mass is 10.0. The summed E-state index contributed by atoms with van der Waals surface area (Å²) >= 11 is 3.46. The first kappa shape index (κ1) is 14.2. The van der Waals surface area contributed by atoms with E-state index >= 15 is 0 Å². The van der Waals surface area contributed by atoms with Gasteiger partial charge in [0.15, 0.2) is 0 Å². The van der Waals surface area contributed by atoms with Crippen molar-refractivity contribution < 1.29 is 4.21 Å². The molecule has 1 saturated heterocycles. The Labute approximate surface area is 119 Å². The van der Waals surface area contributed by atoms with Crippen LogP contribution in [0, 0.1) is 0 Å². The zero-order valence-corrected chi connectivity index (χ0v) is 12.8. The topological polar surface area (TPSA) is 46.3 Å². The lowest BCUT2D eigenvalue weighted by Crippen LogP contribution is -2.39. The molecule has 0 spiro atoms. The Kier molecular flexibility index (Phi) is 5.36. The molecule has 0 radical (unpaired) electrons. The van der Waals surface area contributed by atoms with Crippen LogP contribution in [0.5, 0.6) is 0 Å². The summed E-state index contributed by atoms with van der Waals surface area (Å²) in [6, 6.07) is 8.26. The number of nitrogens with two attached hydrogens (primary N) is 1. The van der Waals surface area contributed by atoms with Crippen LogP contribution in [0.2, 0.25) is 0 Å². The molecule has 1 aliphatic heterocycles. The van der Waals surface area contributed by atoms with Gasteiger partial charge in [0.25, 0.3) is 0 Å². The summed E-state index contributed by atoms with van der Waals surface area (Å²) in [7, 11) is -0.593. The van der Waals surface area contributed by atoms with E-state index in [0.29, 0.717) is 0 Å². The van der Waals surface area contributed by atoms with Gasteiger partial charge in [0.1, 0.15) is 0 Å². The highest BCUT2D eigenvalue weighted by Crippen LogP contribution is 2.19. The van der Waals surface area contributed by atoms with Crippen molar-refractivity contribution in [2.75, 3.05) is 31.1 Å². The first-order valence-corrected chi connectivity index (χ1v) is 8.51. The third kappa shape index (κ3) is 4.16. The van der Waals surface area contributed by atoms with Crippen LogP contribution in [0.15, 0.2) is 28.7 Å². The molecule has 0 saturated carbocycles. The average molecular weight is 331 g/mol. The van der Waals surface area contributed by atoms with Crippen LogP contribution in [0.25, 0.3) is 0 Å². The molecule has 2 N–H and O–H groups in total. The van der Waals surface area contributed by atoms with Crippen LogP contribution in [-0.2, 0) is 10.8 Å². The highest BCUT2D eigenvalue weighted by atomic mass is 79.9. The van der Waals surface area contributed by atoms with Crippen molar-refractivity contribution in [3.63, 3.8) is 0 Å². The number of nitrogens with zero attached hydrogens (tertiary/aromatic N) is 1. The van der Waals surface area contributed by atoms with E-state index in [9.17, 15) is 4.21 Å². The molecule has 1 heterocycles. The van der Waals surface area contributed by atoms with Gasteiger partial charge in [0.05, 0.1) is 0 Å². The normalized spacial score (nSPS) is 19.9. The molecule has 1 fully saturated rings. The van der Waals surface area contributed by atoms with E-state index in [0.717, 1.165) is 42.0 Å². The third-order valence-corrected chi connectivity index (χ3v) is 5.07. The largest absolute Gasteiger partial charge is 0.324 e. The minimum atomic E-state index is -0.593. The van der Waals surface area contributed by atoms with Gasteiger partial charge in [0, 0.05) is 52.5 Å². The number of benzene rings is 1. The summed E-state index contributed by atoms with van der Waals surface area (Å²) in [5.41, 5.74) is 7.37. The summed E-state index contributed by atoms with van der Waals surface area (Å²) in [4.78, 5) is 2.36. The maximum absolute atomic E-state index is 11.3. The second-order valence-electron chi connectivity index (χ2n) is 4.64. The molecular formula is C13H19BrN2OS. The summed E-state index contributed by atoms with van der Waals surface area (Å²) in [5.74, 6) is 1.62. The van der Waals surface area contributed by atoms with Crippen molar-refractivity contribution in [1.29, 1.82) is 0 Å². The fourth-order valence-electron chi connectivity index (χ4n) is 2.12. The zero-order valence-electron chi connectivity index (χ0n) is 10.3. The fraction of sp³-hybridized carbons (Fsp3) is 0.538. The van der Waals surface area contributed by atoms with Crippen LogP contribution in [0.3, 0.4) is 0 Å². The summed E-state index contributed by atoms with van der Waals surface area (Å²) in [5, 5.41) is 0. The molecule has 5 heteroatoms. The monoisotopic (exact) mass is 330 g/mol. The molecular weight excluding hydrogens is 312 g/mol. The standard InChI is InChI=1S/C13H19BrN2OS/c14-12-3-1-2-11(10-12)13(15)4-5-16-6-8-18(17)9-7-16/h1-3,10,13H,4-9,15H2. The predicted octanol–water partition coefficient (Wildman–Crippen LogP) is 1.90. The fourth-order valence-corrected chi connectivity index (χ4v) is 3.67. The number of halogens is 1. The zero-order chi connectivity index (χ0) is 13.0. The summed E-state index contributed by atoms with van der Waals surface area (Å²) in [6.45, 7) is 2.88. The van der Waals surface area contributed by atoms with Crippen LogP contribution in [-0.4, -0.2) is 40.2 Å². The van der Waals surface area contributed by atoms with Crippen molar-refractivity contribution in [3.8, 4) is 0 Å². The first-order chi connectivity index (χ1) is 8.65. The van der Waals surface area contributed by atoms with Gasteiger partial charge < -0.3 is 10.6 Å². The maximum Gasteiger partial charge on any atom is 0.0363 e. The van der Waals surface area contributed by atoms with E-state index in [4.69, 9.17) is 5.73 Å². The number of hydrogen-bond donors (Lipinski definition) is 1. The van der Waals surface area contributed by atoms with Crippen molar-refractivity contribution in [1.82, 2.24) is 4.90 Å². The van der Waals surface area contributed by atoms with Gasteiger partial charge in [-0.1, -0.05) is 28.1 Å². The number of hydrogen-bond acceptors (Lipinski definition) is 3. The Morgan fingerprint density at radius 2 is 2.11 bits per heavy atom. The molecule has 0 aliphatic carbocycles. The molecule has 1 aromatic carbocycles. The quantitative estimate of drug-likeness (QED) is 0.917. The van der Waals surface area contributed by atoms with Gasteiger partial charge in [-0.05, 0) is 24.1 Å². The Balaban J connectivity index is 1.81. The molecule has 1 unspecified atom stereocenters. The Morgan fingerprint density at radius 3 is 2.78 bits per heavy atom. The molecule has 1 atom stereocenters. The third-order valence-electron chi connectivity index (χ3n) is 3.30. The average Bonchev–Trinajstić information content (AvgIpc) is 2.38. The molecule has 0 bridgehead atoms. The minimum Gasteiger partial charge on any atom is -0.324 e. The van der Waals surface area contributed by atoms with E-state index in [1.165, 1.54) is 5.56 Å². The second-order valence-corrected chi connectivity index (χ2v) is 7.25. The lowest BCUT2D eigenvalue weighted by molar-refractivity contribution is 0.287. The molecule has 0 aromatic heterocycles. The van der Waals surface area contributed by atoms with Crippen LogP contribution >= 0.6 is 15.9 Å². The van der Waals surface area contributed by atoms with Crippen LogP contribution < -0.4 is 5.73 Å². The highest BCUT2D eigenvalue weighted by Gasteiger charge is 2.16. The van der Waals surface area contributed by atoms with Gasteiger partial charge in [0.2, 0.25) is 0 Å². The van der Waals surface area contributed by atoms with Crippen molar-refractivity contribution in [2.24, 2.45) is 5.73 Å². The maximum atomic E-state index is 11.3. The van der Waals surface area contributed by atoms with Gasteiger partial charge >= 0.3 is 0 Å². The van der Waals surface area contributed by atoms with Crippen molar-refractivity contribution >= 4 is 26.7 Å². The molecule has 100 valence electrons. The number of rotatable bonds is 4. The van der Waals surface area contributed by atoms with E-state index in [1.807, 2.05) is 12.1 Å². The summed E-state index contributed by atoms with van der Waals surface area (Å²) < 4.78 is 12.3. The van der Waals surface area contributed by atoms with Gasteiger partial charge in [-0.25, -0.2) is 0 Å². The Bertz CT molecular complexity index is 417. The van der Waals surface area contributed by atoms with Crippen LogP contribution in [0.1, 0.15) is 18.0 Å². The molecule has 1 aromatic rings. The van der Waals surface area contributed by atoms with Crippen molar-refractivity contribution in [3.05, 3.63) is 34.3 Å². The van der Waals surface area contributed by atoms with Gasteiger partial charge in [-0.15, -0.1) is 0 Å². The van der Waals surface area contributed by atoms with E-state index in [1.54, 1.807) is 0 Å². The molecule has 1 aliphatic rings. The lowest BCUT2D eigenvalue weighted by Gasteiger charge is -2.27. The SMILES string of the molecule is NC(CCN1CCS(=O)CC1)c1cccc(Br)c1. The van der Waals surface area contributed by atoms with E-state index in [-0.39, 0.29) is 6.04 Å². The van der Waals surface area contributed by atoms with Gasteiger partial charge in [-0.2, -0.15) is 0 Å². The predicted molar refractivity (Wildman–Crippen MR) is 80.0 cm³/mol. The van der Waals surface area contributed by atoms with Crippen molar-refractivity contribution in [2.45, 2.75) is 12.5 Å². The Morgan fingerprint density at radius 1 is 1.39 bits per heavy atom. The Hall–Kier alpha value is -0.230.